The van der Waals surface area contributed by atoms with Crippen molar-refractivity contribution >= 4 is 17.5 Å². The number of hydrogen-bond acceptors (Lipinski definition) is 5. The Balaban J connectivity index is 2.35. The topological polar surface area (TPSA) is 71.1 Å². The van der Waals surface area contributed by atoms with Gasteiger partial charge in [-0.3, -0.25) is 14.5 Å². The van der Waals surface area contributed by atoms with E-state index in [1.165, 1.54) is 0 Å². The van der Waals surface area contributed by atoms with Gasteiger partial charge in [0.15, 0.2) is 0 Å². The minimum Gasteiger partial charge on any atom is -0.491 e. The van der Waals surface area contributed by atoms with Crippen molar-refractivity contribution < 1.29 is 19.1 Å². The van der Waals surface area contributed by atoms with Gasteiger partial charge in [0.25, 0.3) is 5.91 Å². The van der Waals surface area contributed by atoms with Gasteiger partial charge in [-0.2, -0.15) is 0 Å². The number of fused-ring (bicyclic) bond motifs is 1. The number of anilines is 1. The molecule has 3 atom stereocenters. The van der Waals surface area contributed by atoms with Crippen molar-refractivity contribution in [1.29, 1.82) is 0 Å². The van der Waals surface area contributed by atoms with Crippen molar-refractivity contribution in [2.24, 2.45) is 5.92 Å². The third-order valence-electron chi connectivity index (χ3n) is 5.52. The zero-order valence-corrected chi connectivity index (χ0v) is 18.5. The largest absolute Gasteiger partial charge is 0.491 e. The van der Waals surface area contributed by atoms with Gasteiger partial charge in [0.05, 0.1) is 11.7 Å². The van der Waals surface area contributed by atoms with Crippen LogP contribution in [0.5, 0.6) is 5.75 Å². The van der Waals surface area contributed by atoms with Crippen LogP contribution in [0, 0.1) is 5.92 Å². The first-order valence-corrected chi connectivity index (χ1v) is 10.3. The third kappa shape index (κ3) is 6.18. The van der Waals surface area contributed by atoms with E-state index in [0.717, 1.165) is 13.0 Å². The van der Waals surface area contributed by atoms with Crippen LogP contribution in [0.15, 0.2) is 18.2 Å². The van der Waals surface area contributed by atoms with Gasteiger partial charge in [0.2, 0.25) is 5.91 Å². The van der Waals surface area contributed by atoms with Crippen molar-refractivity contribution in [3.63, 3.8) is 0 Å². The smallest absolute Gasteiger partial charge is 0.257 e. The Morgan fingerprint density at radius 2 is 2.00 bits per heavy atom. The summed E-state index contributed by atoms with van der Waals surface area (Å²) in [6.45, 7) is 7.97. The zero-order chi connectivity index (χ0) is 21.6. The van der Waals surface area contributed by atoms with Crippen LogP contribution in [0.4, 0.5) is 5.69 Å². The minimum atomic E-state index is -0.123. The third-order valence-corrected chi connectivity index (χ3v) is 5.52. The number of methoxy groups -OCH3 is 1. The molecule has 0 aromatic heterocycles. The molecule has 1 aromatic carbocycles. The second kappa shape index (κ2) is 10.6. The van der Waals surface area contributed by atoms with Gasteiger partial charge in [-0.25, -0.2) is 0 Å². The fraction of sp³-hybridized carbons (Fsp3) is 0.636. The van der Waals surface area contributed by atoms with Gasteiger partial charge in [-0.15, -0.1) is 0 Å². The van der Waals surface area contributed by atoms with E-state index < -0.39 is 0 Å². The Labute approximate surface area is 174 Å². The van der Waals surface area contributed by atoms with Gasteiger partial charge in [-0.05, 0) is 38.4 Å². The second-order valence-electron chi connectivity index (χ2n) is 8.05. The maximum atomic E-state index is 13.1. The number of rotatable bonds is 4. The summed E-state index contributed by atoms with van der Waals surface area (Å²) in [5.74, 6) is 0.577. The maximum Gasteiger partial charge on any atom is 0.257 e. The lowest BCUT2D eigenvalue weighted by Crippen LogP contribution is -2.45. The van der Waals surface area contributed by atoms with Gasteiger partial charge in [-0.1, -0.05) is 13.8 Å². The predicted molar refractivity (Wildman–Crippen MR) is 114 cm³/mol. The van der Waals surface area contributed by atoms with Crippen LogP contribution >= 0.6 is 0 Å². The number of ether oxygens (including phenoxy) is 2. The molecule has 29 heavy (non-hydrogen) atoms. The molecule has 1 aliphatic rings. The highest BCUT2D eigenvalue weighted by atomic mass is 16.5. The molecule has 2 rings (SSSR count). The molecule has 1 N–H and O–H groups in total. The van der Waals surface area contributed by atoms with Gasteiger partial charge < -0.3 is 19.7 Å². The van der Waals surface area contributed by atoms with Crippen LogP contribution < -0.4 is 10.1 Å². The number of carbonyl (C=O) groups is 2. The van der Waals surface area contributed by atoms with Crippen molar-refractivity contribution in [3.05, 3.63) is 23.8 Å². The molecule has 1 aromatic rings. The molecule has 0 aliphatic carbocycles. The Kier molecular flexibility index (Phi) is 8.46. The molecule has 2 amide bonds. The summed E-state index contributed by atoms with van der Waals surface area (Å²) < 4.78 is 11.7. The fourth-order valence-electron chi connectivity index (χ4n) is 3.48. The molecular weight excluding hydrogens is 370 g/mol. The molecule has 0 fully saturated rings. The normalized spacial score (nSPS) is 24.1. The summed E-state index contributed by atoms with van der Waals surface area (Å²) in [7, 11) is 5.54. The quantitative estimate of drug-likeness (QED) is 0.834. The Morgan fingerprint density at radius 3 is 2.66 bits per heavy atom. The number of carbonyl (C=O) groups excluding carboxylic acids is 2. The number of nitrogens with zero attached hydrogens (tertiary/aromatic N) is 2. The summed E-state index contributed by atoms with van der Waals surface area (Å²) in [6.07, 6.45) is 1.17. The molecule has 0 saturated carbocycles. The SMILES string of the molecule is CCCC(=O)Nc1ccc2c(c1)OC[C@@H](C)N(C)C[C@@H](C)[C@H](OC)CN(C)C2=O. The van der Waals surface area contributed by atoms with Crippen LogP contribution in [0.2, 0.25) is 0 Å². The highest BCUT2D eigenvalue weighted by Gasteiger charge is 2.27. The maximum absolute atomic E-state index is 13.1. The number of amides is 2. The van der Waals surface area contributed by atoms with E-state index in [4.69, 9.17) is 9.47 Å². The van der Waals surface area contributed by atoms with Gasteiger partial charge >= 0.3 is 0 Å². The summed E-state index contributed by atoms with van der Waals surface area (Å²) in [5, 5.41) is 2.87. The van der Waals surface area contributed by atoms with Crippen LogP contribution in [0.3, 0.4) is 0 Å². The Hall–Kier alpha value is -2.12. The average molecular weight is 406 g/mol. The molecule has 162 valence electrons. The average Bonchev–Trinajstić information content (AvgIpc) is 2.68. The van der Waals surface area contributed by atoms with Crippen molar-refractivity contribution in [2.75, 3.05) is 46.2 Å². The number of likely N-dealkylation sites (N-methyl/N-ethyl adjacent to an activating group) is 2. The molecule has 0 unspecified atom stereocenters. The minimum absolute atomic E-state index is 0.0472. The van der Waals surface area contributed by atoms with Crippen molar-refractivity contribution in [3.8, 4) is 5.75 Å². The first kappa shape index (κ1) is 23.2. The monoisotopic (exact) mass is 405 g/mol. The van der Waals surface area contributed by atoms with Crippen LogP contribution in [-0.4, -0.2) is 74.7 Å². The number of hydrogen-bond donors (Lipinski definition) is 1. The molecule has 1 heterocycles. The van der Waals surface area contributed by atoms with Gasteiger partial charge in [0, 0.05) is 51.5 Å². The fourth-order valence-corrected chi connectivity index (χ4v) is 3.48. The second-order valence-corrected chi connectivity index (χ2v) is 8.05. The summed E-state index contributed by atoms with van der Waals surface area (Å²) >= 11 is 0. The molecular formula is C22H35N3O4. The molecule has 0 bridgehead atoms. The van der Waals surface area contributed by atoms with E-state index in [9.17, 15) is 9.59 Å². The standard InChI is InChI=1S/C22H35N3O4/c1-7-8-21(26)23-17-9-10-18-19(11-17)29-14-16(3)24(4)12-15(2)20(28-6)13-25(5)22(18)27/h9-11,15-16,20H,7-8,12-14H2,1-6H3,(H,23,26)/t15-,16-,20-/m1/s1. The summed E-state index contributed by atoms with van der Waals surface area (Å²) in [5.41, 5.74) is 1.12. The van der Waals surface area contributed by atoms with E-state index >= 15 is 0 Å². The van der Waals surface area contributed by atoms with Crippen LogP contribution in [0.1, 0.15) is 44.0 Å². The lowest BCUT2D eigenvalue weighted by atomic mass is 10.0. The number of nitrogens with one attached hydrogen (secondary N) is 1. The molecule has 7 heteroatoms. The van der Waals surface area contributed by atoms with E-state index in [1.54, 1.807) is 37.3 Å². The summed E-state index contributed by atoms with van der Waals surface area (Å²) in [4.78, 5) is 29.0. The van der Waals surface area contributed by atoms with Crippen LogP contribution in [0.25, 0.3) is 0 Å². The molecule has 0 spiro atoms. The highest BCUT2D eigenvalue weighted by molar-refractivity contribution is 5.98. The number of benzene rings is 1. The zero-order valence-electron chi connectivity index (χ0n) is 18.5. The lowest BCUT2D eigenvalue weighted by molar-refractivity contribution is -0.116. The van der Waals surface area contributed by atoms with Crippen molar-refractivity contribution in [1.82, 2.24) is 9.80 Å². The van der Waals surface area contributed by atoms with E-state index in [0.29, 0.717) is 36.6 Å². The highest BCUT2D eigenvalue weighted by Crippen LogP contribution is 2.26. The molecule has 7 nitrogen and oxygen atoms in total. The van der Waals surface area contributed by atoms with Crippen LogP contribution in [-0.2, 0) is 9.53 Å². The first-order valence-electron chi connectivity index (χ1n) is 10.3. The summed E-state index contributed by atoms with van der Waals surface area (Å²) in [6, 6.07) is 5.37. The lowest BCUT2D eigenvalue weighted by Gasteiger charge is -2.34. The predicted octanol–water partition coefficient (Wildman–Crippen LogP) is 2.86. The molecule has 1 aliphatic heterocycles. The first-order chi connectivity index (χ1) is 13.8. The van der Waals surface area contributed by atoms with Gasteiger partial charge in [0.1, 0.15) is 12.4 Å². The Morgan fingerprint density at radius 1 is 1.28 bits per heavy atom. The Bertz CT molecular complexity index is 709. The molecule has 0 radical (unpaired) electrons. The van der Waals surface area contributed by atoms with Crippen molar-refractivity contribution in [2.45, 2.75) is 45.8 Å². The van der Waals surface area contributed by atoms with E-state index in [-0.39, 0.29) is 29.9 Å². The molecule has 0 saturated heterocycles. The van der Waals surface area contributed by atoms with E-state index in [2.05, 4.69) is 31.1 Å². The van der Waals surface area contributed by atoms with E-state index in [1.807, 2.05) is 6.92 Å².